The molecule has 0 aromatic heterocycles. The average molecular weight is 326 g/mol. The molecule has 0 aliphatic heterocycles. The molecule has 126 valence electrons. The molecule has 2 aromatic carbocycles. The molecule has 2 aromatic rings. The molecule has 0 radical (unpaired) electrons. The number of hydrazine groups is 1. The highest BCUT2D eigenvalue weighted by Crippen LogP contribution is 2.18. The number of rotatable bonds is 4. The molecular formula is C19H22N2O3. The molecule has 0 atom stereocenters. The number of hydrogen-bond acceptors (Lipinski definition) is 3. The fourth-order valence-corrected chi connectivity index (χ4v) is 2.23. The van der Waals surface area contributed by atoms with Crippen LogP contribution >= 0.6 is 0 Å². The van der Waals surface area contributed by atoms with Gasteiger partial charge in [0.15, 0.2) is 6.61 Å². The number of benzene rings is 2. The van der Waals surface area contributed by atoms with Gasteiger partial charge in [-0.2, -0.15) is 0 Å². The van der Waals surface area contributed by atoms with E-state index in [1.54, 1.807) is 6.07 Å². The van der Waals surface area contributed by atoms with Crippen LogP contribution in [-0.4, -0.2) is 18.4 Å². The number of carbonyl (C=O) groups is 2. The molecule has 0 spiro atoms. The van der Waals surface area contributed by atoms with Gasteiger partial charge in [-0.25, -0.2) is 0 Å². The largest absolute Gasteiger partial charge is 0.483 e. The summed E-state index contributed by atoms with van der Waals surface area (Å²) in [6, 6.07) is 11.2. The first kappa shape index (κ1) is 17.5. The van der Waals surface area contributed by atoms with Crippen molar-refractivity contribution in [2.24, 2.45) is 0 Å². The maximum absolute atomic E-state index is 12.1. The highest BCUT2D eigenvalue weighted by atomic mass is 16.5. The topological polar surface area (TPSA) is 67.4 Å². The van der Waals surface area contributed by atoms with E-state index in [2.05, 4.69) is 10.9 Å². The summed E-state index contributed by atoms with van der Waals surface area (Å²) < 4.78 is 5.50. The average Bonchev–Trinajstić information content (AvgIpc) is 2.56. The molecule has 0 aliphatic carbocycles. The van der Waals surface area contributed by atoms with E-state index in [0.29, 0.717) is 11.3 Å². The van der Waals surface area contributed by atoms with E-state index in [1.807, 2.05) is 58.0 Å². The summed E-state index contributed by atoms with van der Waals surface area (Å²) in [5, 5.41) is 0. The van der Waals surface area contributed by atoms with Crippen LogP contribution in [0.4, 0.5) is 0 Å². The standard InChI is InChI=1S/C19H22N2O3/c1-12-8-9-14(3)17(10-12)24-11-18(22)20-21-19(23)16-7-5-6-13(2)15(16)4/h5-10H,11H2,1-4H3,(H,20,22)(H,21,23). The lowest BCUT2D eigenvalue weighted by Gasteiger charge is -2.12. The van der Waals surface area contributed by atoms with Crippen molar-refractivity contribution in [1.82, 2.24) is 10.9 Å². The molecule has 0 heterocycles. The van der Waals surface area contributed by atoms with Crippen LogP contribution in [-0.2, 0) is 4.79 Å². The quantitative estimate of drug-likeness (QED) is 0.849. The smallest absolute Gasteiger partial charge is 0.276 e. The van der Waals surface area contributed by atoms with Crippen molar-refractivity contribution in [3.63, 3.8) is 0 Å². The maximum Gasteiger partial charge on any atom is 0.276 e. The minimum absolute atomic E-state index is 0.169. The van der Waals surface area contributed by atoms with Crippen LogP contribution in [0.1, 0.15) is 32.6 Å². The van der Waals surface area contributed by atoms with Crippen molar-refractivity contribution in [3.8, 4) is 5.75 Å². The van der Waals surface area contributed by atoms with E-state index in [1.165, 1.54) is 0 Å². The Bertz CT molecular complexity index is 769. The Labute approximate surface area is 142 Å². The van der Waals surface area contributed by atoms with Crippen molar-refractivity contribution >= 4 is 11.8 Å². The molecule has 2 amide bonds. The monoisotopic (exact) mass is 326 g/mol. The van der Waals surface area contributed by atoms with Gasteiger partial charge in [-0.3, -0.25) is 20.4 Å². The molecule has 5 heteroatoms. The number of aryl methyl sites for hydroxylation is 3. The van der Waals surface area contributed by atoms with Crippen LogP contribution in [0, 0.1) is 27.7 Å². The lowest BCUT2D eigenvalue weighted by Crippen LogP contribution is -2.44. The molecule has 0 aliphatic rings. The van der Waals surface area contributed by atoms with E-state index in [0.717, 1.165) is 22.3 Å². The van der Waals surface area contributed by atoms with Gasteiger partial charge in [0.2, 0.25) is 0 Å². The highest BCUT2D eigenvalue weighted by Gasteiger charge is 2.11. The molecule has 2 rings (SSSR count). The number of ether oxygens (including phenoxy) is 1. The zero-order valence-electron chi connectivity index (χ0n) is 14.4. The van der Waals surface area contributed by atoms with Crippen molar-refractivity contribution in [2.45, 2.75) is 27.7 Å². The molecule has 5 nitrogen and oxygen atoms in total. The van der Waals surface area contributed by atoms with Gasteiger partial charge >= 0.3 is 0 Å². The van der Waals surface area contributed by atoms with Gasteiger partial charge in [-0.15, -0.1) is 0 Å². The van der Waals surface area contributed by atoms with Crippen LogP contribution in [0.25, 0.3) is 0 Å². The van der Waals surface area contributed by atoms with Gasteiger partial charge in [0.25, 0.3) is 11.8 Å². The summed E-state index contributed by atoms with van der Waals surface area (Å²) >= 11 is 0. The molecule has 0 fully saturated rings. The number of hydrogen-bond donors (Lipinski definition) is 2. The normalized spacial score (nSPS) is 10.2. The van der Waals surface area contributed by atoms with Gasteiger partial charge < -0.3 is 4.74 Å². The van der Waals surface area contributed by atoms with Gasteiger partial charge in [-0.05, 0) is 62.1 Å². The lowest BCUT2D eigenvalue weighted by atomic mass is 10.0. The molecule has 0 saturated carbocycles. The molecule has 24 heavy (non-hydrogen) atoms. The SMILES string of the molecule is Cc1ccc(C)c(OCC(=O)NNC(=O)c2cccc(C)c2C)c1. The maximum atomic E-state index is 12.1. The summed E-state index contributed by atoms with van der Waals surface area (Å²) in [5.74, 6) is -0.114. The number of nitrogens with one attached hydrogen (secondary N) is 2. The summed E-state index contributed by atoms with van der Waals surface area (Å²) in [7, 11) is 0. The van der Waals surface area contributed by atoms with E-state index in [9.17, 15) is 9.59 Å². The zero-order chi connectivity index (χ0) is 17.7. The van der Waals surface area contributed by atoms with E-state index >= 15 is 0 Å². The first-order valence-electron chi connectivity index (χ1n) is 7.74. The summed E-state index contributed by atoms with van der Waals surface area (Å²) in [6.07, 6.45) is 0. The van der Waals surface area contributed by atoms with E-state index in [-0.39, 0.29) is 12.5 Å². The van der Waals surface area contributed by atoms with Crippen molar-refractivity contribution in [2.75, 3.05) is 6.61 Å². The molecular weight excluding hydrogens is 304 g/mol. The highest BCUT2D eigenvalue weighted by molar-refractivity contribution is 5.97. The lowest BCUT2D eigenvalue weighted by molar-refractivity contribution is -0.123. The van der Waals surface area contributed by atoms with Gasteiger partial charge in [0, 0.05) is 5.56 Å². The first-order chi connectivity index (χ1) is 11.4. The summed E-state index contributed by atoms with van der Waals surface area (Å²) in [5.41, 5.74) is 9.22. The van der Waals surface area contributed by atoms with Gasteiger partial charge in [0.05, 0.1) is 0 Å². The molecule has 0 bridgehead atoms. The number of amides is 2. The Morgan fingerprint density at radius 3 is 2.46 bits per heavy atom. The van der Waals surface area contributed by atoms with Crippen LogP contribution in [0.15, 0.2) is 36.4 Å². The zero-order valence-corrected chi connectivity index (χ0v) is 14.4. The Morgan fingerprint density at radius 2 is 1.71 bits per heavy atom. The third-order valence-electron chi connectivity index (χ3n) is 3.87. The predicted octanol–water partition coefficient (Wildman–Crippen LogP) is 2.76. The summed E-state index contributed by atoms with van der Waals surface area (Å²) in [6.45, 7) is 7.50. The Morgan fingerprint density at radius 1 is 0.958 bits per heavy atom. The summed E-state index contributed by atoms with van der Waals surface area (Å²) in [4.78, 5) is 24.0. The number of carbonyl (C=O) groups excluding carboxylic acids is 2. The second-order valence-corrected chi connectivity index (χ2v) is 5.81. The Hall–Kier alpha value is -2.82. The van der Waals surface area contributed by atoms with Crippen molar-refractivity contribution < 1.29 is 14.3 Å². The van der Waals surface area contributed by atoms with Crippen molar-refractivity contribution in [3.05, 3.63) is 64.2 Å². The van der Waals surface area contributed by atoms with Crippen LogP contribution in [0.2, 0.25) is 0 Å². The molecule has 0 unspecified atom stereocenters. The van der Waals surface area contributed by atoms with Crippen LogP contribution in [0.3, 0.4) is 0 Å². The fourth-order valence-electron chi connectivity index (χ4n) is 2.23. The molecule has 0 saturated heterocycles. The minimum atomic E-state index is -0.422. The van der Waals surface area contributed by atoms with Gasteiger partial charge in [0.1, 0.15) is 5.75 Å². The van der Waals surface area contributed by atoms with Crippen LogP contribution in [0.5, 0.6) is 5.75 Å². The second-order valence-electron chi connectivity index (χ2n) is 5.81. The third-order valence-corrected chi connectivity index (χ3v) is 3.87. The second kappa shape index (κ2) is 7.64. The van der Waals surface area contributed by atoms with E-state index in [4.69, 9.17) is 4.74 Å². The fraction of sp³-hybridized carbons (Fsp3) is 0.263. The first-order valence-corrected chi connectivity index (χ1v) is 7.74. The third kappa shape index (κ3) is 4.35. The van der Waals surface area contributed by atoms with Crippen molar-refractivity contribution in [1.29, 1.82) is 0 Å². The van der Waals surface area contributed by atoms with E-state index < -0.39 is 5.91 Å². The Balaban J connectivity index is 1.88. The van der Waals surface area contributed by atoms with Gasteiger partial charge in [-0.1, -0.05) is 24.3 Å². The minimum Gasteiger partial charge on any atom is -0.483 e. The predicted molar refractivity (Wildman–Crippen MR) is 92.9 cm³/mol. The van der Waals surface area contributed by atoms with Crippen LogP contribution < -0.4 is 15.6 Å². The molecule has 2 N–H and O–H groups in total. The Kier molecular flexibility index (Phi) is 5.58.